The molecule has 4 N–H and O–H groups in total. The number of aromatic nitrogens is 1. The first-order chi connectivity index (χ1) is 14.1. The number of nitrogens with zero attached hydrogens (tertiary/aromatic N) is 1. The molecule has 0 bridgehead atoms. The zero-order valence-corrected chi connectivity index (χ0v) is 16.3. The van der Waals surface area contributed by atoms with Gasteiger partial charge in [-0.1, -0.05) is 18.2 Å². The summed E-state index contributed by atoms with van der Waals surface area (Å²) in [6.45, 7) is 0.810. The fourth-order valence-corrected chi connectivity index (χ4v) is 3.73. The zero-order chi connectivity index (χ0) is 20.4. The second kappa shape index (κ2) is 7.97. The highest BCUT2D eigenvalue weighted by Gasteiger charge is 2.37. The molecule has 0 radical (unpaired) electrons. The summed E-state index contributed by atoms with van der Waals surface area (Å²) in [5.41, 5.74) is 9.71. The Morgan fingerprint density at radius 2 is 1.86 bits per heavy atom. The number of benzene rings is 2. The number of fused-ring (bicyclic) bond motifs is 1. The molecule has 1 atom stereocenters. The predicted molar refractivity (Wildman–Crippen MR) is 111 cm³/mol. The van der Waals surface area contributed by atoms with Gasteiger partial charge < -0.3 is 20.8 Å². The first-order valence-electron chi connectivity index (χ1n) is 9.63. The molecule has 1 fully saturated rings. The van der Waals surface area contributed by atoms with Crippen molar-refractivity contribution in [2.45, 2.75) is 25.4 Å². The molecule has 1 aromatic heterocycles. The van der Waals surface area contributed by atoms with Crippen molar-refractivity contribution in [1.29, 1.82) is 0 Å². The van der Waals surface area contributed by atoms with Crippen molar-refractivity contribution in [3.8, 4) is 5.75 Å². The number of methoxy groups -OCH3 is 1. The van der Waals surface area contributed by atoms with Gasteiger partial charge in [-0.05, 0) is 53.9 Å². The molecule has 4 rings (SSSR count). The molecule has 1 saturated heterocycles. The van der Waals surface area contributed by atoms with Crippen LogP contribution in [0.25, 0.3) is 10.9 Å². The zero-order valence-electron chi connectivity index (χ0n) is 16.3. The van der Waals surface area contributed by atoms with Crippen molar-refractivity contribution in [2.75, 3.05) is 13.7 Å². The summed E-state index contributed by atoms with van der Waals surface area (Å²) >= 11 is 0. The lowest BCUT2D eigenvalue weighted by Crippen LogP contribution is -2.32. The number of imide groups is 1. The van der Waals surface area contributed by atoms with E-state index in [1.54, 1.807) is 7.11 Å². The highest BCUT2D eigenvalue weighted by molar-refractivity contribution is 6.04. The van der Waals surface area contributed by atoms with Gasteiger partial charge >= 0.3 is 6.03 Å². The Kier molecular flexibility index (Phi) is 5.22. The van der Waals surface area contributed by atoms with Crippen LogP contribution in [0.4, 0.5) is 4.79 Å². The van der Waals surface area contributed by atoms with Crippen molar-refractivity contribution in [3.05, 3.63) is 65.4 Å². The van der Waals surface area contributed by atoms with Crippen LogP contribution in [-0.2, 0) is 24.2 Å². The number of urea groups is 1. The highest BCUT2D eigenvalue weighted by atomic mass is 16.5. The predicted octanol–water partition coefficient (Wildman–Crippen LogP) is 2.34. The Hall–Kier alpha value is -3.32. The van der Waals surface area contributed by atoms with Gasteiger partial charge in [-0.15, -0.1) is 0 Å². The van der Waals surface area contributed by atoms with Crippen LogP contribution in [0.2, 0.25) is 0 Å². The van der Waals surface area contributed by atoms with Gasteiger partial charge in [0.2, 0.25) is 0 Å². The third-order valence-electron chi connectivity index (χ3n) is 5.29. The number of nitrogens with two attached hydrogens (primary N) is 1. The number of rotatable bonds is 7. The number of ether oxygens (including phenoxy) is 1. The third kappa shape index (κ3) is 3.82. The topological polar surface area (TPSA) is 100 Å². The van der Waals surface area contributed by atoms with E-state index in [1.165, 1.54) is 4.90 Å². The number of aromatic amines is 1. The molecular formula is C22H24N4O3. The van der Waals surface area contributed by atoms with E-state index in [4.69, 9.17) is 10.5 Å². The number of carbonyl (C=O) groups is 2. The third-order valence-corrected chi connectivity index (χ3v) is 5.29. The van der Waals surface area contributed by atoms with Crippen LogP contribution in [0.1, 0.15) is 16.7 Å². The van der Waals surface area contributed by atoms with E-state index < -0.39 is 6.04 Å². The molecule has 1 unspecified atom stereocenters. The Labute approximate surface area is 168 Å². The maximum Gasteiger partial charge on any atom is 0.325 e. The van der Waals surface area contributed by atoms with Crippen molar-refractivity contribution >= 4 is 22.8 Å². The van der Waals surface area contributed by atoms with Crippen LogP contribution < -0.4 is 15.8 Å². The van der Waals surface area contributed by atoms with E-state index in [0.717, 1.165) is 39.8 Å². The summed E-state index contributed by atoms with van der Waals surface area (Å²) in [6, 6.07) is 12.5. The van der Waals surface area contributed by atoms with Crippen LogP contribution in [0, 0.1) is 0 Å². The summed E-state index contributed by atoms with van der Waals surface area (Å²) in [5.74, 6) is 0.550. The SMILES string of the molecule is COc1ccc(CC2NC(=O)N(Cc3ccc4[nH]cc(CCN)c4c3)C2=O)cc1. The van der Waals surface area contributed by atoms with E-state index in [0.29, 0.717) is 13.0 Å². The molecule has 7 heteroatoms. The highest BCUT2D eigenvalue weighted by Crippen LogP contribution is 2.23. The molecule has 150 valence electrons. The van der Waals surface area contributed by atoms with Crippen molar-refractivity contribution in [1.82, 2.24) is 15.2 Å². The Bertz CT molecular complexity index is 1040. The summed E-state index contributed by atoms with van der Waals surface area (Å²) < 4.78 is 5.15. The minimum atomic E-state index is -0.556. The van der Waals surface area contributed by atoms with Crippen LogP contribution in [0.15, 0.2) is 48.7 Å². The summed E-state index contributed by atoms with van der Waals surface area (Å²) in [6.07, 6.45) is 3.18. The molecule has 1 aliphatic rings. The fourth-order valence-electron chi connectivity index (χ4n) is 3.73. The molecule has 0 saturated carbocycles. The lowest BCUT2D eigenvalue weighted by atomic mass is 10.1. The average Bonchev–Trinajstić information content (AvgIpc) is 3.24. The maximum absolute atomic E-state index is 12.8. The quantitative estimate of drug-likeness (QED) is 0.537. The van der Waals surface area contributed by atoms with Gasteiger partial charge in [-0.25, -0.2) is 4.79 Å². The van der Waals surface area contributed by atoms with Crippen molar-refractivity contribution < 1.29 is 14.3 Å². The van der Waals surface area contributed by atoms with E-state index >= 15 is 0 Å². The minimum Gasteiger partial charge on any atom is -0.497 e. The largest absolute Gasteiger partial charge is 0.497 e. The van der Waals surface area contributed by atoms with E-state index in [2.05, 4.69) is 10.3 Å². The van der Waals surface area contributed by atoms with Gasteiger partial charge in [0.25, 0.3) is 5.91 Å². The van der Waals surface area contributed by atoms with Gasteiger partial charge in [0.05, 0.1) is 13.7 Å². The smallest absolute Gasteiger partial charge is 0.325 e. The van der Waals surface area contributed by atoms with Gasteiger partial charge in [-0.3, -0.25) is 9.69 Å². The number of hydrogen-bond acceptors (Lipinski definition) is 4. The lowest BCUT2D eigenvalue weighted by molar-refractivity contribution is -0.127. The number of nitrogens with one attached hydrogen (secondary N) is 2. The minimum absolute atomic E-state index is 0.206. The van der Waals surface area contributed by atoms with Crippen molar-refractivity contribution in [2.24, 2.45) is 5.73 Å². The summed E-state index contributed by atoms with van der Waals surface area (Å²) in [7, 11) is 1.61. The molecule has 2 heterocycles. The molecule has 29 heavy (non-hydrogen) atoms. The summed E-state index contributed by atoms with van der Waals surface area (Å²) in [4.78, 5) is 29.8. The molecule has 2 aromatic carbocycles. The molecule has 3 aromatic rings. The first kappa shape index (κ1) is 19.0. The van der Waals surface area contributed by atoms with E-state index in [-0.39, 0.29) is 18.5 Å². The maximum atomic E-state index is 12.8. The molecule has 0 spiro atoms. The van der Waals surface area contributed by atoms with E-state index in [9.17, 15) is 9.59 Å². The molecule has 1 aliphatic heterocycles. The molecule has 0 aliphatic carbocycles. The number of H-pyrrole nitrogens is 1. The van der Waals surface area contributed by atoms with Gasteiger partial charge in [0.15, 0.2) is 0 Å². The van der Waals surface area contributed by atoms with Gasteiger partial charge in [0, 0.05) is 23.5 Å². The van der Waals surface area contributed by atoms with Crippen LogP contribution in [0.5, 0.6) is 5.75 Å². The Morgan fingerprint density at radius 1 is 1.10 bits per heavy atom. The van der Waals surface area contributed by atoms with Crippen LogP contribution >= 0.6 is 0 Å². The number of amides is 3. The van der Waals surface area contributed by atoms with Crippen molar-refractivity contribution in [3.63, 3.8) is 0 Å². The van der Waals surface area contributed by atoms with Gasteiger partial charge in [-0.2, -0.15) is 0 Å². The normalized spacial score (nSPS) is 16.5. The second-order valence-electron chi connectivity index (χ2n) is 7.21. The van der Waals surface area contributed by atoms with E-state index in [1.807, 2.05) is 48.7 Å². The average molecular weight is 392 g/mol. The first-order valence-corrected chi connectivity index (χ1v) is 9.63. The van der Waals surface area contributed by atoms with Crippen LogP contribution in [0.3, 0.4) is 0 Å². The number of hydrogen-bond donors (Lipinski definition) is 3. The van der Waals surface area contributed by atoms with Gasteiger partial charge in [0.1, 0.15) is 11.8 Å². The Balaban J connectivity index is 1.48. The second-order valence-corrected chi connectivity index (χ2v) is 7.21. The Morgan fingerprint density at radius 3 is 2.59 bits per heavy atom. The molecular weight excluding hydrogens is 368 g/mol. The molecule has 7 nitrogen and oxygen atoms in total. The lowest BCUT2D eigenvalue weighted by Gasteiger charge is -2.13. The van der Waals surface area contributed by atoms with Crippen LogP contribution in [-0.4, -0.2) is 41.5 Å². The molecule has 3 amide bonds. The number of carbonyl (C=O) groups excluding carboxylic acids is 2. The summed E-state index contributed by atoms with van der Waals surface area (Å²) in [5, 5.41) is 3.88. The fraction of sp³-hybridized carbons (Fsp3) is 0.273. The standard InChI is InChI=1S/C22H24N4O3/c1-29-17-5-2-14(3-6-17)11-20-21(27)26(22(28)25-20)13-15-4-7-19-18(10-15)16(8-9-23)12-24-19/h2-7,10,12,20,24H,8-9,11,13,23H2,1H3,(H,25,28). The monoisotopic (exact) mass is 392 g/mol.